The number of aryl methyl sites for hydroxylation is 1. The summed E-state index contributed by atoms with van der Waals surface area (Å²) in [7, 11) is 0. The first kappa shape index (κ1) is 11.4. The first-order chi connectivity index (χ1) is 7.02. The second kappa shape index (κ2) is 4.72. The molecule has 0 fully saturated rings. The number of H-pyrrole nitrogens is 2. The van der Waals surface area contributed by atoms with Crippen LogP contribution >= 0.6 is 0 Å². The van der Waals surface area contributed by atoms with Crippen molar-refractivity contribution < 1.29 is 13.2 Å². The molecular formula is C10H11F3N2. The minimum Gasteiger partial charge on any atom is -0.368 e. The molecule has 2 nitrogen and oxygen atoms in total. The molecule has 0 bridgehead atoms. The van der Waals surface area contributed by atoms with Gasteiger partial charge in [0, 0.05) is 24.3 Å². The number of aromatic nitrogens is 2. The third-order valence-corrected chi connectivity index (χ3v) is 1.76. The van der Waals surface area contributed by atoms with Crippen LogP contribution < -0.4 is 0 Å². The summed E-state index contributed by atoms with van der Waals surface area (Å²) in [4.78, 5) is 5.32. The van der Waals surface area contributed by atoms with E-state index in [9.17, 15) is 13.2 Å². The predicted molar refractivity (Wildman–Crippen MR) is 51.3 cm³/mol. The van der Waals surface area contributed by atoms with Crippen molar-refractivity contribution in [2.24, 2.45) is 0 Å². The van der Waals surface area contributed by atoms with Crippen LogP contribution in [0.5, 0.6) is 0 Å². The lowest BCUT2D eigenvalue weighted by atomic mass is 10.2. The standard InChI is InChI=1S/C6H6F3N.C4H5N/c1-4-5(2-3-10-4)6(7,8)9;1-2-4-5-3-1/h2-3,10H,1H3;1-5H. The van der Waals surface area contributed by atoms with Crippen molar-refractivity contribution in [1.82, 2.24) is 9.97 Å². The highest BCUT2D eigenvalue weighted by Crippen LogP contribution is 2.30. The van der Waals surface area contributed by atoms with Gasteiger partial charge in [-0.25, -0.2) is 0 Å². The monoisotopic (exact) mass is 216 g/mol. The second-order valence-electron chi connectivity index (χ2n) is 2.90. The van der Waals surface area contributed by atoms with Crippen LogP contribution in [0.15, 0.2) is 36.8 Å². The molecule has 2 rings (SSSR count). The van der Waals surface area contributed by atoms with E-state index >= 15 is 0 Å². The third-order valence-electron chi connectivity index (χ3n) is 1.76. The first-order valence-corrected chi connectivity index (χ1v) is 4.30. The number of hydrogen-bond acceptors (Lipinski definition) is 0. The van der Waals surface area contributed by atoms with Crippen molar-refractivity contribution >= 4 is 0 Å². The van der Waals surface area contributed by atoms with Gasteiger partial charge in [-0.15, -0.1) is 0 Å². The van der Waals surface area contributed by atoms with Gasteiger partial charge in [0.15, 0.2) is 0 Å². The maximum Gasteiger partial charge on any atom is 0.418 e. The fraction of sp³-hybridized carbons (Fsp3) is 0.200. The summed E-state index contributed by atoms with van der Waals surface area (Å²) >= 11 is 0. The van der Waals surface area contributed by atoms with Crippen LogP contribution in [0.3, 0.4) is 0 Å². The Hall–Kier alpha value is -1.65. The van der Waals surface area contributed by atoms with E-state index in [1.165, 1.54) is 13.1 Å². The van der Waals surface area contributed by atoms with Gasteiger partial charge >= 0.3 is 6.18 Å². The normalized spacial score (nSPS) is 10.7. The van der Waals surface area contributed by atoms with Crippen molar-refractivity contribution in [3.05, 3.63) is 48.0 Å². The minimum absolute atomic E-state index is 0.160. The van der Waals surface area contributed by atoms with Crippen LogP contribution in [0.25, 0.3) is 0 Å². The zero-order valence-electron chi connectivity index (χ0n) is 8.10. The summed E-state index contributed by atoms with van der Waals surface area (Å²) in [5, 5.41) is 0. The minimum atomic E-state index is -4.22. The third kappa shape index (κ3) is 3.53. The highest BCUT2D eigenvalue weighted by Gasteiger charge is 2.32. The highest BCUT2D eigenvalue weighted by molar-refractivity contribution is 5.21. The van der Waals surface area contributed by atoms with E-state index in [4.69, 9.17) is 0 Å². The van der Waals surface area contributed by atoms with Gasteiger partial charge in [0.25, 0.3) is 0 Å². The molecule has 0 saturated carbocycles. The Morgan fingerprint density at radius 1 is 1.07 bits per heavy atom. The van der Waals surface area contributed by atoms with E-state index < -0.39 is 11.7 Å². The van der Waals surface area contributed by atoms with Gasteiger partial charge in [0.2, 0.25) is 0 Å². The molecule has 2 aromatic rings. The molecular weight excluding hydrogens is 205 g/mol. The van der Waals surface area contributed by atoms with Crippen LogP contribution in [-0.4, -0.2) is 9.97 Å². The van der Waals surface area contributed by atoms with E-state index in [0.717, 1.165) is 6.07 Å². The Labute approximate surface area is 85.1 Å². The van der Waals surface area contributed by atoms with Crippen molar-refractivity contribution in [2.45, 2.75) is 13.1 Å². The van der Waals surface area contributed by atoms with Gasteiger partial charge in [0.1, 0.15) is 0 Å². The Balaban J connectivity index is 0.000000187. The molecule has 0 aliphatic heterocycles. The van der Waals surface area contributed by atoms with Crippen LogP contribution in [-0.2, 0) is 6.18 Å². The van der Waals surface area contributed by atoms with E-state index in [0.29, 0.717) is 0 Å². The summed E-state index contributed by atoms with van der Waals surface area (Å²) in [6.45, 7) is 1.39. The fourth-order valence-corrected chi connectivity index (χ4v) is 1.04. The van der Waals surface area contributed by atoms with Crippen LogP contribution in [0.2, 0.25) is 0 Å². The van der Waals surface area contributed by atoms with Crippen molar-refractivity contribution in [2.75, 3.05) is 0 Å². The molecule has 82 valence electrons. The first-order valence-electron chi connectivity index (χ1n) is 4.30. The Kier molecular flexibility index (Phi) is 3.60. The molecule has 0 saturated heterocycles. The summed E-state index contributed by atoms with van der Waals surface area (Å²) in [6, 6.07) is 4.91. The molecule has 0 aliphatic carbocycles. The SMILES string of the molecule is Cc1[nH]ccc1C(F)(F)F.c1cc[nH]c1. The number of hydrogen-bond donors (Lipinski definition) is 2. The van der Waals surface area contributed by atoms with Gasteiger partial charge in [0.05, 0.1) is 5.56 Å². The van der Waals surface area contributed by atoms with Crippen LogP contribution in [0.1, 0.15) is 11.3 Å². The van der Waals surface area contributed by atoms with Gasteiger partial charge in [-0.05, 0) is 25.1 Å². The average molecular weight is 216 g/mol. The van der Waals surface area contributed by atoms with Crippen LogP contribution in [0, 0.1) is 6.92 Å². The molecule has 0 aromatic carbocycles. The Morgan fingerprint density at radius 3 is 1.87 bits per heavy atom. The Morgan fingerprint density at radius 2 is 1.67 bits per heavy atom. The Bertz CT molecular complexity index is 356. The molecule has 0 radical (unpaired) electrons. The largest absolute Gasteiger partial charge is 0.418 e. The topological polar surface area (TPSA) is 31.6 Å². The maximum absolute atomic E-state index is 11.9. The number of rotatable bonds is 0. The quantitative estimate of drug-likeness (QED) is 0.676. The number of halogens is 3. The van der Waals surface area contributed by atoms with Gasteiger partial charge in [-0.2, -0.15) is 13.2 Å². The molecule has 0 spiro atoms. The molecule has 2 aromatic heterocycles. The zero-order chi connectivity index (χ0) is 11.3. The zero-order valence-corrected chi connectivity index (χ0v) is 8.10. The number of aromatic amines is 2. The average Bonchev–Trinajstić information content (AvgIpc) is 2.72. The van der Waals surface area contributed by atoms with E-state index in [-0.39, 0.29) is 5.69 Å². The summed E-state index contributed by atoms with van der Waals surface area (Å²) in [5.74, 6) is 0. The molecule has 0 amide bonds. The molecule has 0 atom stereocenters. The van der Waals surface area contributed by atoms with Crippen molar-refractivity contribution in [3.63, 3.8) is 0 Å². The maximum atomic E-state index is 11.9. The number of alkyl halides is 3. The van der Waals surface area contributed by atoms with Crippen molar-refractivity contribution in [3.8, 4) is 0 Å². The number of nitrogens with one attached hydrogen (secondary N) is 2. The molecule has 2 N–H and O–H groups in total. The van der Waals surface area contributed by atoms with Gasteiger partial charge in [-0.1, -0.05) is 0 Å². The molecule has 0 aliphatic rings. The molecule has 15 heavy (non-hydrogen) atoms. The second-order valence-corrected chi connectivity index (χ2v) is 2.90. The molecule has 2 heterocycles. The van der Waals surface area contributed by atoms with E-state index in [1.807, 2.05) is 24.5 Å². The van der Waals surface area contributed by atoms with Gasteiger partial charge in [-0.3, -0.25) is 0 Å². The summed E-state index contributed by atoms with van der Waals surface area (Å²) in [6.07, 6.45) is 0.808. The van der Waals surface area contributed by atoms with Crippen molar-refractivity contribution in [1.29, 1.82) is 0 Å². The lowest BCUT2D eigenvalue weighted by molar-refractivity contribution is -0.137. The lowest BCUT2D eigenvalue weighted by Gasteiger charge is -2.03. The smallest absolute Gasteiger partial charge is 0.368 e. The summed E-state index contributed by atoms with van der Waals surface area (Å²) < 4.78 is 35.6. The van der Waals surface area contributed by atoms with Crippen LogP contribution in [0.4, 0.5) is 13.2 Å². The van der Waals surface area contributed by atoms with E-state index in [2.05, 4.69) is 9.97 Å². The fourth-order valence-electron chi connectivity index (χ4n) is 1.04. The highest BCUT2D eigenvalue weighted by atomic mass is 19.4. The molecule has 0 unspecified atom stereocenters. The van der Waals surface area contributed by atoms with Gasteiger partial charge < -0.3 is 9.97 Å². The predicted octanol–water partition coefficient (Wildman–Crippen LogP) is 3.36. The molecule has 5 heteroatoms. The summed E-state index contributed by atoms with van der Waals surface area (Å²) in [5.41, 5.74) is -0.431. The lowest BCUT2D eigenvalue weighted by Crippen LogP contribution is -2.04. The van der Waals surface area contributed by atoms with E-state index in [1.54, 1.807) is 0 Å².